The quantitative estimate of drug-likeness (QED) is 0.482. The molecule has 31 heavy (non-hydrogen) atoms. The molecule has 0 atom stereocenters. The van der Waals surface area contributed by atoms with Crippen LogP contribution in [0.1, 0.15) is 26.3 Å². The highest BCUT2D eigenvalue weighted by Gasteiger charge is 2.17. The second-order valence-electron chi connectivity index (χ2n) is 8.05. The van der Waals surface area contributed by atoms with Gasteiger partial charge in [0, 0.05) is 5.69 Å². The lowest BCUT2D eigenvalue weighted by atomic mass is 9.87. The van der Waals surface area contributed by atoms with E-state index in [1.807, 2.05) is 42.5 Å². The third-order valence-corrected chi connectivity index (χ3v) is 4.72. The molecule has 0 aromatic heterocycles. The van der Waals surface area contributed by atoms with Crippen molar-refractivity contribution in [3.05, 3.63) is 72.3 Å². The highest BCUT2D eigenvalue weighted by atomic mass is 16.5. The molecule has 0 bridgehead atoms. The number of methoxy groups -OCH3 is 2. The van der Waals surface area contributed by atoms with Crippen LogP contribution in [0.5, 0.6) is 23.0 Å². The molecule has 0 spiro atoms. The second-order valence-corrected chi connectivity index (χ2v) is 8.05. The maximum absolute atomic E-state index is 12.5. The number of urea groups is 1. The smallest absolute Gasteiger partial charge is 0.323 e. The zero-order valence-electron chi connectivity index (χ0n) is 18.5. The van der Waals surface area contributed by atoms with Crippen LogP contribution in [0.3, 0.4) is 0 Å². The van der Waals surface area contributed by atoms with Gasteiger partial charge in [-0.2, -0.15) is 0 Å². The van der Waals surface area contributed by atoms with Crippen molar-refractivity contribution < 1.29 is 19.0 Å². The highest BCUT2D eigenvalue weighted by molar-refractivity contribution is 6.00. The molecule has 0 aliphatic rings. The van der Waals surface area contributed by atoms with Gasteiger partial charge in [0.25, 0.3) is 0 Å². The van der Waals surface area contributed by atoms with Gasteiger partial charge >= 0.3 is 6.03 Å². The van der Waals surface area contributed by atoms with Gasteiger partial charge in [0.1, 0.15) is 23.0 Å². The fourth-order valence-electron chi connectivity index (χ4n) is 2.94. The summed E-state index contributed by atoms with van der Waals surface area (Å²) in [5.41, 5.74) is 2.32. The molecular formula is C25H28N2O4. The third-order valence-electron chi connectivity index (χ3n) is 4.72. The maximum Gasteiger partial charge on any atom is 0.323 e. The predicted molar refractivity (Wildman–Crippen MR) is 124 cm³/mol. The number of rotatable bonds is 6. The minimum atomic E-state index is -0.354. The molecule has 2 N–H and O–H groups in total. The van der Waals surface area contributed by atoms with Crippen molar-refractivity contribution in [3.63, 3.8) is 0 Å². The van der Waals surface area contributed by atoms with Crippen molar-refractivity contribution in [3.8, 4) is 23.0 Å². The molecule has 6 heteroatoms. The fourth-order valence-corrected chi connectivity index (χ4v) is 2.94. The van der Waals surface area contributed by atoms with Crippen molar-refractivity contribution in [1.29, 1.82) is 0 Å². The Morgan fingerprint density at radius 1 is 0.742 bits per heavy atom. The predicted octanol–water partition coefficient (Wildman–Crippen LogP) is 6.44. The Morgan fingerprint density at radius 2 is 1.32 bits per heavy atom. The molecule has 3 aromatic carbocycles. The number of carbonyl (C=O) groups excluding carboxylic acids is 1. The van der Waals surface area contributed by atoms with Gasteiger partial charge in [-0.25, -0.2) is 4.79 Å². The summed E-state index contributed by atoms with van der Waals surface area (Å²) in [4.78, 5) is 12.5. The number of ether oxygens (including phenoxy) is 3. The van der Waals surface area contributed by atoms with E-state index >= 15 is 0 Å². The van der Waals surface area contributed by atoms with E-state index in [0.29, 0.717) is 28.6 Å². The number of nitrogens with one attached hydrogen (secondary N) is 2. The molecule has 3 rings (SSSR count). The average Bonchev–Trinajstić information content (AvgIpc) is 2.75. The number of amides is 2. The van der Waals surface area contributed by atoms with E-state index in [2.05, 4.69) is 31.4 Å². The lowest BCUT2D eigenvalue weighted by molar-refractivity contribution is 0.262. The summed E-state index contributed by atoms with van der Waals surface area (Å²) in [5.74, 6) is 2.73. The zero-order chi connectivity index (χ0) is 22.4. The Balaban J connectivity index is 1.64. The topological polar surface area (TPSA) is 68.8 Å². The van der Waals surface area contributed by atoms with Gasteiger partial charge < -0.3 is 24.8 Å². The van der Waals surface area contributed by atoms with E-state index in [4.69, 9.17) is 14.2 Å². The number of hydrogen-bond donors (Lipinski definition) is 2. The molecule has 0 heterocycles. The molecule has 0 aliphatic heterocycles. The monoisotopic (exact) mass is 420 g/mol. The lowest BCUT2D eigenvalue weighted by Crippen LogP contribution is -2.20. The van der Waals surface area contributed by atoms with Gasteiger partial charge in [0.2, 0.25) is 0 Å². The Kier molecular flexibility index (Phi) is 6.70. The van der Waals surface area contributed by atoms with Gasteiger partial charge in [-0.05, 0) is 71.6 Å². The van der Waals surface area contributed by atoms with Crippen LogP contribution < -0.4 is 24.8 Å². The third kappa shape index (κ3) is 5.92. The van der Waals surface area contributed by atoms with E-state index in [-0.39, 0.29) is 11.4 Å². The van der Waals surface area contributed by atoms with Crippen LogP contribution in [0.15, 0.2) is 66.7 Å². The number of benzene rings is 3. The molecule has 0 saturated carbocycles. The van der Waals surface area contributed by atoms with Crippen LogP contribution in [0.4, 0.5) is 16.2 Å². The average molecular weight is 421 g/mol. The van der Waals surface area contributed by atoms with Gasteiger partial charge in [-0.3, -0.25) is 0 Å². The van der Waals surface area contributed by atoms with E-state index in [1.165, 1.54) is 0 Å². The van der Waals surface area contributed by atoms with Crippen LogP contribution in [-0.4, -0.2) is 20.3 Å². The van der Waals surface area contributed by atoms with Crippen LogP contribution in [-0.2, 0) is 5.41 Å². The van der Waals surface area contributed by atoms with Gasteiger partial charge in [0.05, 0.1) is 19.9 Å². The number of hydrogen-bond acceptors (Lipinski definition) is 4. The minimum Gasteiger partial charge on any atom is -0.497 e. The van der Waals surface area contributed by atoms with Crippen molar-refractivity contribution >= 4 is 17.4 Å². The summed E-state index contributed by atoms with van der Waals surface area (Å²) < 4.78 is 16.3. The van der Waals surface area contributed by atoms with Gasteiger partial charge in [-0.1, -0.05) is 26.8 Å². The summed E-state index contributed by atoms with van der Waals surface area (Å²) in [6, 6.07) is 19.9. The van der Waals surface area contributed by atoms with Gasteiger partial charge in [0.15, 0.2) is 0 Å². The number of carbonyl (C=O) groups is 1. The van der Waals surface area contributed by atoms with E-state index in [1.54, 1.807) is 38.5 Å². The van der Waals surface area contributed by atoms with Crippen LogP contribution in [0.25, 0.3) is 0 Å². The summed E-state index contributed by atoms with van der Waals surface area (Å²) in [5, 5.41) is 5.70. The second kappa shape index (κ2) is 9.43. The Bertz CT molecular complexity index is 1020. The minimum absolute atomic E-state index is 0.0428. The molecule has 0 radical (unpaired) electrons. The lowest BCUT2D eigenvalue weighted by Gasteiger charge is -2.21. The zero-order valence-corrected chi connectivity index (χ0v) is 18.5. The Hall–Kier alpha value is -3.67. The summed E-state index contributed by atoms with van der Waals surface area (Å²) in [7, 11) is 3.20. The molecule has 6 nitrogen and oxygen atoms in total. The van der Waals surface area contributed by atoms with Crippen molar-refractivity contribution in [2.45, 2.75) is 26.2 Å². The van der Waals surface area contributed by atoms with Gasteiger partial charge in [-0.15, -0.1) is 0 Å². The first-order valence-corrected chi connectivity index (χ1v) is 9.97. The summed E-state index contributed by atoms with van der Waals surface area (Å²) in [6.07, 6.45) is 0. The molecule has 3 aromatic rings. The molecular weight excluding hydrogens is 392 g/mol. The first-order chi connectivity index (χ1) is 14.8. The van der Waals surface area contributed by atoms with Crippen LogP contribution >= 0.6 is 0 Å². The first-order valence-electron chi connectivity index (χ1n) is 9.97. The molecule has 0 aliphatic carbocycles. The molecule has 0 fully saturated rings. The van der Waals surface area contributed by atoms with E-state index in [9.17, 15) is 4.79 Å². The van der Waals surface area contributed by atoms with Crippen LogP contribution in [0, 0.1) is 0 Å². The first kappa shape index (κ1) is 22.0. The van der Waals surface area contributed by atoms with Crippen molar-refractivity contribution in [2.24, 2.45) is 0 Å². The van der Waals surface area contributed by atoms with E-state index < -0.39 is 0 Å². The SMILES string of the molecule is COc1ccc(Oc2ccc(NC(=O)Nc3cc(C(C)(C)C)ccc3OC)cc2)cc1. The van der Waals surface area contributed by atoms with Crippen molar-refractivity contribution in [1.82, 2.24) is 0 Å². The molecule has 2 amide bonds. The molecule has 0 saturated heterocycles. The Labute approximate surface area is 183 Å². The molecule has 0 unspecified atom stereocenters. The van der Waals surface area contributed by atoms with E-state index in [0.717, 1.165) is 11.3 Å². The summed E-state index contributed by atoms with van der Waals surface area (Å²) >= 11 is 0. The standard InChI is InChI=1S/C25H28N2O4/c1-25(2,3)17-6-15-23(30-5)22(16-17)27-24(28)26-18-7-9-20(10-8-18)31-21-13-11-19(29-4)12-14-21/h6-16H,1-5H3,(H2,26,27,28). The van der Waals surface area contributed by atoms with Crippen molar-refractivity contribution in [2.75, 3.05) is 24.9 Å². The largest absolute Gasteiger partial charge is 0.497 e. The maximum atomic E-state index is 12.5. The molecule has 162 valence electrons. The normalized spacial score (nSPS) is 10.9. The highest BCUT2D eigenvalue weighted by Crippen LogP contribution is 2.31. The summed E-state index contributed by atoms with van der Waals surface area (Å²) in [6.45, 7) is 6.36. The Morgan fingerprint density at radius 3 is 1.87 bits per heavy atom. The number of anilines is 2. The van der Waals surface area contributed by atoms with Crippen LogP contribution in [0.2, 0.25) is 0 Å². The fraction of sp³-hybridized carbons (Fsp3) is 0.240.